The number of halogens is 2. The third-order valence-corrected chi connectivity index (χ3v) is 3.03. The number of thiocarbonyl (C=S) groups is 1. The van der Waals surface area contributed by atoms with Crippen molar-refractivity contribution in [2.45, 2.75) is 0 Å². The zero-order valence-electron chi connectivity index (χ0n) is 9.56. The lowest BCUT2D eigenvalue weighted by Gasteiger charge is -1.99. The Labute approximate surface area is 125 Å². The molecule has 3 N–H and O–H groups in total. The molecule has 0 atom stereocenters. The fraction of sp³-hybridized carbons (Fsp3) is 0. The molecule has 0 aliphatic rings. The number of hydrogen-bond donors (Lipinski definition) is 2. The topological polar surface area (TPSA) is 63.5 Å². The van der Waals surface area contributed by atoms with E-state index in [4.69, 9.17) is 33.4 Å². The van der Waals surface area contributed by atoms with Gasteiger partial charge < -0.3 is 10.2 Å². The molecule has 1 aromatic heterocycles. The van der Waals surface area contributed by atoms with Crippen LogP contribution in [0.5, 0.6) is 0 Å². The number of nitrogens with one attached hydrogen (secondary N) is 1. The predicted octanol–water partition coefficient (Wildman–Crippen LogP) is 3.42. The van der Waals surface area contributed by atoms with E-state index in [-0.39, 0.29) is 5.11 Å². The second-order valence-corrected chi connectivity index (χ2v) is 4.82. The fourth-order valence-corrected chi connectivity index (χ4v) is 1.74. The number of rotatable bonds is 3. The molecule has 7 heteroatoms. The van der Waals surface area contributed by atoms with Gasteiger partial charge in [0, 0.05) is 5.56 Å². The van der Waals surface area contributed by atoms with Gasteiger partial charge >= 0.3 is 0 Å². The molecule has 2 rings (SSSR count). The molecule has 98 valence electrons. The van der Waals surface area contributed by atoms with Crippen LogP contribution in [0.15, 0.2) is 39.9 Å². The summed E-state index contributed by atoms with van der Waals surface area (Å²) < 4.78 is 5.57. The second kappa shape index (κ2) is 6.06. The largest absolute Gasteiger partial charge is 0.455 e. The number of hydrazone groups is 1. The Morgan fingerprint density at radius 3 is 2.74 bits per heavy atom. The molecule has 2 aromatic rings. The molecule has 0 unspecified atom stereocenters. The molecule has 1 heterocycles. The Bertz CT molecular complexity index is 640. The first-order chi connectivity index (χ1) is 9.06. The van der Waals surface area contributed by atoms with Gasteiger partial charge in [0.05, 0.1) is 16.3 Å². The Hall–Kier alpha value is -1.56. The average molecular weight is 314 g/mol. The van der Waals surface area contributed by atoms with E-state index in [1.165, 1.54) is 6.21 Å². The van der Waals surface area contributed by atoms with Crippen LogP contribution >= 0.6 is 35.4 Å². The van der Waals surface area contributed by atoms with Crippen molar-refractivity contribution < 1.29 is 4.42 Å². The summed E-state index contributed by atoms with van der Waals surface area (Å²) in [6.07, 6.45) is 1.47. The Morgan fingerprint density at radius 1 is 1.26 bits per heavy atom. The molecular weight excluding hydrogens is 305 g/mol. The predicted molar refractivity (Wildman–Crippen MR) is 81.7 cm³/mol. The van der Waals surface area contributed by atoms with E-state index in [1.807, 2.05) is 12.1 Å². The summed E-state index contributed by atoms with van der Waals surface area (Å²) in [5, 5.41) is 4.86. The zero-order chi connectivity index (χ0) is 13.8. The standard InChI is InChI=1S/C12H9Cl2N3OS/c13-9-3-1-7(5-10(9)14)11-4-2-8(18-11)6-16-17-12(15)19/h1-6H,(H3,15,17,19)/b16-6+. The number of hydrogen-bond acceptors (Lipinski definition) is 3. The van der Waals surface area contributed by atoms with Gasteiger partial charge in [-0.15, -0.1) is 0 Å². The van der Waals surface area contributed by atoms with Crippen LogP contribution in [-0.4, -0.2) is 11.3 Å². The summed E-state index contributed by atoms with van der Waals surface area (Å²) in [4.78, 5) is 0. The van der Waals surface area contributed by atoms with Crippen molar-refractivity contribution in [3.63, 3.8) is 0 Å². The van der Waals surface area contributed by atoms with Crippen LogP contribution in [0.1, 0.15) is 5.76 Å². The van der Waals surface area contributed by atoms with Crippen molar-refractivity contribution in [3.8, 4) is 11.3 Å². The van der Waals surface area contributed by atoms with Gasteiger partial charge in [0.25, 0.3) is 0 Å². The van der Waals surface area contributed by atoms with Gasteiger partial charge in [-0.1, -0.05) is 23.2 Å². The van der Waals surface area contributed by atoms with Gasteiger partial charge in [-0.25, -0.2) is 0 Å². The van der Waals surface area contributed by atoms with Gasteiger partial charge in [0.15, 0.2) is 5.11 Å². The highest BCUT2D eigenvalue weighted by Crippen LogP contribution is 2.29. The summed E-state index contributed by atoms with van der Waals surface area (Å²) in [5.41, 5.74) is 8.50. The number of benzene rings is 1. The lowest BCUT2D eigenvalue weighted by atomic mass is 10.2. The minimum atomic E-state index is 0.0903. The van der Waals surface area contributed by atoms with Crippen LogP contribution in [0.2, 0.25) is 10.0 Å². The number of furan rings is 1. The minimum Gasteiger partial charge on any atom is -0.455 e. The van der Waals surface area contributed by atoms with Crippen LogP contribution in [0.3, 0.4) is 0 Å². The SMILES string of the molecule is NC(=S)N/N=C/c1ccc(-c2ccc(Cl)c(Cl)c2)o1. The maximum atomic E-state index is 5.95. The average Bonchev–Trinajstić information content (AvgIpc) is 2.81. The highest BCUT2D eigenvalue weighted by atomic mass is 35.5. The quantitative estimate of drug-likeness (QED) is 0.518. The molecule has 1 aromatic carbocycles. The van der Waals surface area contributed by atoms with Crippen LogP contribution in [-0.2, 0) is 0 Å². The molecule has 0 spiro atoms. The van der Waals surface area contributed by atoms with E-state index >= 15 is 0 Å². The first-order valence-corrected chi connectivity index (χ1v) is 6.36. The van der Waals surface area contributed by atoms with E-state index in [1.54, 1.807) is 18.2 Å². The highest BCUT2D eigenvalue weighted by molar-refractivity contribution is 7.80. The molecule has 0 saturated heterocycles. The van der Waals surface area contributed by atoms with Gasteiger partial charge in [-0.3, -0.25) is 5.43 Å². The van der Waals surface area contributed by atoms with E-state index in [9.17, 15) is 0 Å². The molecule has 0 amide bonds. The Morgan fingerprint density at radius 2 is 2.05 bits per heavy atom. The van der Waals surface area contributed by atoms with E-state index in [2.05, 4.69) is 22.7 Å². The summed E-state index contributed by atoms with van der Waals surface area (Å²) in [6, 6.07) is 8.84. The van der Waals surface area contributed by atoms with E-state index in [0.29, 0.717) is 21.6 Å². The Kier molecular flexibility index (Phi) is 4.42. The van der Waals surface area contributed by atoms with Crippen LogP contribution in [0.4, 0.5) is 0 Å². The molecule has 0 bridgehead atoms. The first-order valence-electron chi connectivity index (χ1n) is 5.20. The molecular formula is C12H9Cl2N3OS. The van der Waals surface area contributed by atoms with Crippen LogP contribution < -0.4 is 11.2 Å². The Balaban J connectivity index is 2.18. The third kappa shape index (κ3) is 3.70. The van der Waals surface area contributed by atoms with Gasteiger partial charge in [0.1, 0.15) is 11.5 Å². The lowest BCUT2D eigenvalue weighted by molar-refractivity contribution is 0.574. The molecule has 0 aliphatic carbocycles. The number of nitrogens with two attached hydrogens (primary N) is 1. The minimum absolute atomic E-state index is 0.0903. The van der Waals surface area contributed by atoms with Crippen molar-refractivity contribution >= 4 is 46.7 Å². The van der Waals surface area contributed by atoms with Crippen molar-refractivity contribution in [3.05, 3.63) is 46.1 Å². The van der Waals surface area contributed by atoms with E-state index < -0.39 is 0 Å². The lowest BCUT2D eigenvalue weighted by Crippen LogP contribution is -2.23. The molecule has 0 aliphatic heterocycles. The van der Waals surface area contributed by atoms with Gasteiger partial charge in [-0.2, -0.15) is 5.10 Å². The number of nitrogens with zero attached hydrogens (tertiary/aromatic N) is 1. The summed E-state index contributed by atoms with van der Waals surface area (Å²) in [7, 11) is 0. The molecule has 0 radical (unpaired) electrons. The van der Waals surface area contributed by atoms with Crippen molar-refractivity contribution in [2.75, 3.05) is 0 Å². The smallest absolute Gasteiger partial charge is 0.184 e. The fourth-order valence-electron chi connectivity index (χ4n) is 1.39. The summed E-state index contributed by atoms with van der Waals surface area (Å²) >= 11 is 16.4. The molecule has 0 saturated carbocycles. The molecule has 19 heavy (non-hydrogen) atoms. The summed E-state index contributed by atoms with van der Waals surface area (Å²) in [6.45, 7) is 0. The van der Waals surface area contributed by atoms with Crippen molar-refractivity contribution in [2.24, 2.45) is 10.8 Å². The normalized spacial score (nSPS) is 10.8. The van der Waals surface area contributed by atoms with Gasteiger partial charge in [-0.05, 0) is 42.5 Å². The molecule has 0 fully saturated rings. The third-order valence-electron chi connectivity index (χ3n) is 2.20. The van der Waals surface area contributed by atoms with Crippen LogP contribution in [0.25, 0.3) is 11.3 Å². The second-order valence-electron chi connectivity index (χ2n) is 3.57. The maximum absolute atomic E-state index is 5.95. The molecule has 4 nitrogen and oxygen atoms in total. The maximum Gasteiger partial charge on any atom is 0.184 e. The van der Waals surface area contributed by atoms with Crippen molar-refractivity contribution in [1.29, 1.82) is 0 Å². The van der Waals surface area contributed by atoms with Crippen LogP contribution in [0, 0.1) is 0 Å². The van der Waals surface area contributed by atoms with Gasteiger partial charge in [0.2, 0.25) is 0 Å². The van der Waals surface area contributed by atoms with Crippen molar-refractivity contribution in [1.82, 2.24) is 5.43 Å². The van der Waals surface area contributed by atoms with E-state index in [0.717, 1.165) is 5.56 Å². The zero-order valence-corrected chi connectivity index (χ0v) is 11.9. The summed E-state index contributed by atoms with van der Waals surface area (Å²) in [5.74, 6) is 1.22. The first kappa shape index (κ1) is 13.9. The highest BCUT2D eigenvalue weighted by Gasteiger charge is 2.06. The monoisotopic (exact) mass is 313 g/mol.